The van der Waals surface area contributed by atoms with Crippen LogP contribution >= 0.6 is 12.2 Å². The third kappa shape index (κ3) is 7.38. The molecule has 0 radical (unpaired) electrons. The van der Waals surface area contributed by atoms with E-state index < -0.39 is 0 Å². The predicted octanol–water partition coefficient (Wildman–Crippen LogP) is 3.66. The van der Waals surface area contributed by atoms with Crippen LogP contribution in [0.25, 0.3) is 0 Å². The summed E-state index contributed by atoms with van der Waals surface area (Å²) in [5.41, 5.74) is 6.04. The molecular weight excluding hydrogens is 268 g/mol. The molecule has 0 aliphatic carbocycles. The molecule has 4 nitrogen and oxygen atoms in total. The molecule has 5 heteroatoms. The molecule has 0 aliphatic rings. The Balaban J connectivity index is 2.02. The van der Waals surface area contributed by atoms with Crippen molar-refractivity contribution in [3.63, 3.8) is 0 Å². The van der Waals surface area contributed by atoms with E-state index in [1.807, 2.05) is 0 Å². The normalized spacial score (nSPS) is 10.4. The van der Waals surface area contributed by atoms with E-state index in [0.717, 1.165) is 12.4 Å². The minimum Gasteiger partial charge on any atom is -0.388 e. The number of unbranched alkanes of at least 4 members (excludes halogenated alkanes) is 7. The Morgan fingerprint density at radius 2 is 1.70 bits per heavy atom. The lowest BCUT2D eigenvalue weighted by Gasteiger charge is -2.05. The van der Waals surface area contributed by atoms with E-state index in [-0.39, 0.29) is 4.99 Å². The first-order chi connectivity index (χ1) is 9.74. The Labute approximate surface area is 127 Å². The molecule has 0 saturated carbocycles. The summed E-state index contributed by atoms with van der Waals surface area (Å²) in [6, 6.07) is 0. The number of thiocarbonyl (C=S) groups is 1. The van der Waals surface area contributed by atoms with E-state index in [9.17, 15) is 0 Å². The zero-order valence-corrected chi connectivity index (χ0v) is 13.2. The van der Waals surface area contributed by atoms with Gasteiger partial charge >= 0.3 is 0 Å². The first kappa shape index (κ1) is 16.8. The molecule has 0 fully saturated rings. The molecule has 0 aromatic carbocycles. The second-order valence-electron chi connectivity index (χ2n) is 5.05. The maximum absolute atomic E-state index is 5.47. The van der Waals surface area contributed by atoms with Gasteiger partial charge < -0.3 is 11.1 Å². The Morgan fingerprint density at radius 3 is 2.25 bits per heavy atom. The van der Waals surface area contributed by atoms with Gasteiger partial charge in [-0.3, -0.25) is 0 Å². The van der Waals surface area contributed by atoms with Crippen LogP contribution in [0.3, 0.4) is 0 Å². The van der Waals surface area contributed by atoms with Gasteiger partial charge in [-0.05, 0) is 6.42 Å². The van der Waals surface area contributed by atoms with E-state index in [1.54, 1.807) is 12.4 Å². The third-order valence-electron chi connectivity index (χ3n) is 3.24. The van der Waals surface area contributed by atoms with Crippen molar-refractivity contribution >= 4 is 23.0 Å². The molecule has 1 rings (SSSR count). The maximum atomic E-state index is 5.47. The fourth-order valence-corrected chi connectivity index (χ4v) is 2.13. The van der Waals surface area contributed by atoms with E-state index in [0.29, 0.717) is 5.69 Å². The fraction of sp³-hybridized carbons (Fsp3) is 0.667. The molecule has 0 saturated heterocycles. The first-order valence-electron chi connectivity index (χ1n) is 7.59. The molecule has 1 heterocycles. The van der Waals surface area contributed by atoms with Crippen LogP contribution in [-0.2, 0) is 0 Å². The first-order valence-corrected chi connectivity index (χ1v) is 8.00. The number of nitrogens with zero attached hydrogens (tertiary/aromatic N) is 2. The lowest BCUT2D eigenvalue weighted by Crippen LogP contribution is -2.12. The van der Waals surface area contributed by atoms with Gasteiger partial charge in [-0.25, -0.2) is 9.97 Å². The summed E-state index contributed by atoms with van der Waals surface area (Å²) in [7, 11) is 0. The van der Waals surface area contributed by atoms with Crippen molar-refractivity contribution in [2.75, 3.05) is 11.9 Å². The van der Waals surface area contributed by atoms with Crippen LogP contribution in [0, 0.1) is 0 Å². The van der Waals surface area contributed by atoms with Crippen LogP contribution in [0.2, 0.25) is 0 Å². The zero-order chi connectivity index (χ0) is 14.6. The smallest absolute Gasteiger partial charge is 0.144 e. The highest BCUT2D eigenvalue weighted by Gasteiger charge is 1.99. The molecule has 112 valence electrons. The van der Waals surface area contributed by atoms with Crippen molar-refractivity contribution in [2.24, 2.45) is 5.73 Å². The van der Waals surface area contributed by atoms with E-state index >= 15 is 0 Å². The zero-order valence-electron chi connectivity index (χ0n) is 12.4. The van der Waals surface area contributed by atoms with Crippen LogP contribution in [0.5, 0.6) is 0 Å². The summed E-state index contributed by atoms with van der Waals surface area (Å²) in [5, 5.41) is 3.26. The molecule has 0 atom stereocenters. The van der Waals surface area contributed by atoms with E-state index in [2.05, 4.69) is 22.2 Å². The van der Waals surface area contributed by atoms with E-state index in [1.165, 1.54) is 51.4 Å². The molecule has 1 aromatic rings. The van der Waals surface area contributed by atoms with Crippen molar-refractivity contribution in [1.82, 2.24) is 9.97 Å². The van der Waals surface area contributed by atoms with Crippen LogP contribution < -0.4 is 11.1 Å². The number of nitrogens with one attached hydrogen (secondary N) is 1. The van der Waals surface area contributed by atoms with Crippen molar-refractivity contribution in [2.45, 2.75) is 58.3 Å². The molecule has 20 heavy (non-hydrogen) atoms. The quantitative estimate of drug-likeness (QED) is 0.481. The summed E-state index contributed by atoms with van der Waals surface area (Å²) in [5.74, 6) is 0.785. The van der Waals surface area contributed by atoms with Crippen LogP contribution in [-0.4, -0.2) is 21.5 Å². The minimum atomic E-state index is 0.284. The van der Waals surface area contributed by atoms with Gasteiger partial charge in [0.05, 0.1) is 12.4 Å². The van der Waals surface area contributed by atoms with Crippen LogP contribution in [0.15, 0.2) is 12.4 Å². The van der Waals surface area contributed by atoms with Crippen molar-refractivity contribution < 1.29 is 0 Å². The Kier molecular flexibility index (Phi) is 8.87. The minimum absolute atomic E-state index is 0.284. The van der Waals surface area contributed by atoms with Gasteiger partial charge in [-0.15, -0.1) is 0 Å². The maximum Gasteiger partial charge on any atom is 0.144 e. The van der Waals surface area contributed by atoms with Gasteiger partial charge in [0.15, 0.2) is 0 Å². The molecule has 3 N–H and O–H groups in total. The Hall–Kier alpha value is -1.23. The third-order valence-corrected chi connectivity index (χ3v) is 3.45. The second-order valence-corrected chi connectivity index (χ2v) is 5.49. The second kappa shape index (κ2) is 10.5. The Morgan fingerprint density at radius 1 is 1.05 bits per heavy atom. The number of hydrogen-bond donors (Lipinski definition) is 2. The monoisotopic (exact) mass is 294 g/mol. The summed E-state index contributed by atoms with van der Waals surface area (Å²) in [6.45, 7) is 3.19. The molecule has 0 amide bonds. The lowest BCUT2D eigenvalue weighted by atomic mass is 10.1. The van der Waals surface area contributed by atoms with Gasteiger partial charge in [0.25, 0.3) is 0 Å². The SMILES string of the molecule is CCCCCCCCCCNc1cnc(C(N)=S)cn1. The molecular formula is C15H26N4S. The molecule has 0 bridgehead atoms. The average Bonchev–Trinajstić information content (AvgIpc) is 2.46. The highest BCUT2D eigenvalue weighted by Crippen LogP contribution is 2.08. The average molecular weight is 294 g/mol. The topological polar surface area (TPSA) is 63.8 Å². The fourth-order valence-electron chi connectivity index (χ4n) is 2.02. The van der Waals surface area contributed by atoms with Gasteiger partial charge in [0.1, 0.15) is 16.5 Å². The molecule has 1 aromatic heterocycles. The van der Waals surface area contributed by atoms with Gasteiger partial charge in [0, 0.05) is 6.54 Å². The molecule has 0 unspecified atom stereocenters. The number of hydrogen-bond acceptors (Lipinski definition) is 4. The van der Waals surface area contributed by atoms with E-state index in [4.69, 9.17) is 18.0 Å². The highest BCUT2D eigenvalue weighted by molar-refractivity contribution is 7.80. The summed E-state index contributed by atoms with van der Waals surface area (Å²) < 4.78 is 0. The summed E-state index contributed by atoms with van der Waals surface area (Å²) >= 11 is 4.83. The predicted molar refractivity (Wildman–Crippen MR) is 89.0 cm³/mol. The Bertz CT molecular complexity index is 378. The standard InChI is InChI=1S/C15H26N4S/c1-2-3-4-5-6-7-8-9-10-17-14-12-18-13(11-19-14)15(16)20/h11-12H,2-10H2,1H3,(H2,16,20)(H,17,19). The largest absolute Gasteiger partial charge is 0.388 e. The number of nitrogens with two attached hydrogens (primary N) is 1. The van der Waals surface area contributed by atoms with Gasteiger partial charge in [-0.1, -0.05) is 64.1 Å². The number of rotatable bonds is 11. The summed E-state index contributed by atoms with van der Waals surface area (Å²) in [6.07, 6.45) is 13.9. The number of anilines is 1. The molecule has 0 aliphatic heterocycles. The highest BCUT2D eigenvalue weighted by atomic mass is 32.1. The van der Waals surface area contributed by atoms with Crippen molar-refractivity contribution in [3.8, 4) is 0 Å². The lowest BCUT2D eigenvalue weighted by molar-refractivity contribution is 0.581. The van der Waals surface area contributed by atoms with Crippen molar-refractivity contribution in [3.05, 3.63) is 18.1 Å². The van der Waals surface area contributed by atoms with Gasteiger partial charge in [0.2, 0.25) is 0 Å². The van der Waals surface area contributed by atoms with Crippen LogP contribution in [0.4, 0.5) is 5.82 Å². The summed E-state index contributed by atoms with van der Waals surface area (Å²) in [4.78, 5) is 8.65. The van der Waals surface area contributed by atoms with Crippen molar-refractivity contribution in [1.29, 1.82) is 0 Å². The number of aromatic nitrogens is 2. The molecule has 0 spiro atoms. The van der Waals surface area contributed by atoms with Gasteiger partial charge in [-0.2, -0.15) is 0 Å². The van der Waals surface area contributed by atoms with Crippen LogP contribution in [0.1, 0.15) is 64.0 Å².